The van der Waals surface area contributed by atoms with Gasteiger partial charge in [0.25, 0.3) is 0 Å². The van der Waals surface area contributed by atoms with Crippen LogP contribution in [-0.4, -0.2) is 244 Å². The van der Waals surface area contributed by atoms with E-state index in [0.717, 1.165) is 25.7 Å². The standard InChI is InChI=1S/C54H92O23/c1-23(9-13-35(51(4,5)69)76-49-46(43(66)40(63)30(21-57)74-49)77-48-45(68)42(65)39(62)29(20-56)73-48)24-15-16-52(6)32-12-10-25-26(54(32,8)33(59)18-53(24,52)7)11-14-34(50(25,2)3)75-36-17-27(58)37(60)31(71-36)22-70-47-44(67)41(64)38(61)28(19-55)72-47/h10,23-24,26-49,55-69H,9,11-22H2,1-8H3/t23-,24-,26-,27-,28-,29-,30-,31-,32-,33-,34+,35-,36+,37+,38-,39-,40-,41+,42+,43+,44-,45-,46-,47-,48+,49+,52+,53-,54+/m1/s1. The average molecular weight is 1110 g/mol. The maximum absolute atomic E-state index is 12.7. The van der Waals surface area contributed by atoms with Gasteiger partial charge >= 0.3 is 0 Å². The monoisotopic (exact) mass is 1110 g/mol. The third-order valence-electron chi connectivity index (χ3n) is 20.7. The predicted octanol–water partition coefficient (Wildman–Crippen LogP) is -2.20. The summed E-state index contributed by atoms with van der Waals surface area (Å²) < 4.78 is 47.9. The lowest BCUT2D eigenvalue weighted by Crippen LogP contribution is -2.65. The minimum absolute atomic E-state index is 0.0215. The molecule has 4 saturated heterocycles. The molecule has 23 nitrogen and oxygen atoms in total. The summed E-state index contributed by atoms with van der Waals surface area (Å²) in [4.78, 5) is 0. The van der Waals surface area contributed by atoms with Gasteiger partial charge in [-0.25, -0.2) is 0 Å². The van der Waals surface area contributed by atoms with Gasteiger partial charge in [-0.05, 0) is 99.7 Å². The smallest absolute Gasteiger partial charge is 0.187 e. The molecule has 0 spiro atoms. The third kappa shape index (κ3) is 11.1. The molecule has 4 aliphatic carbocycles. The molecule has 446 valence electrons. The molecule has 29 atom stereocenters. The number of aliphatic hydroxyl groups excluding tert-OH is 14. The Morgan fingerprint density at radius 2 is 1.21 bits per heavy atom. The molecule has 8 aliphatic rings. The van der Waals surface area contributed by atoms with Gasteiger partial charge in [0.1, 0.15) is 85.5 Å². The highest BCUT2D eigenvalue weighted by Crippen LogP contribution is 2.75. The lowest BCUT2D eigenvalue weighted by atomic mass is 9.38. The highest BCUT2D eigenvalue weighted by molar-refractivity contribution is 5.32. The van der Waals surface area contributed by atoms with Crippen molar-refractivity contribution < 1.29 is 114 Å². The van der Waals surface area contributed by atoms with Crippen molar-refractivity contribution in [1.82, 2.24) is 0 Å². The number of allylic oxidation sites excluding steroid dienone is 1. The third-order valence-corrected chi connectivity index (χ3v) is 20.7. The van der Waals surface area contributed by atoms with Crippen molar-refractivity contribution in [1.29, 1.82) is 0 Å². The van der Waals surface area contributed by atoms with E-state index in [1.54, 1.807) is 13.8 Å². The van der Waals surface area contributed by atoms with Gasteiger partial charge < -0.3 is 114 Å². The van der Waals surface area contributed by atoms with Crippen LogP contribution < -0.4 is 0 Å². The Balaban J connectivity index is 0.931. The Morgan fingerprint density at radius 3 is 1.81 bits per heavy atom. The number of fused-ring (bicyclic) bond motifs is 5. The second kappa shape index (κ2) is 23.5. The Labute approximate surface area is 450 Å². The number of aliphatic hydroxyl groups is 15. The zero-order valence-electron chi connectivity index (χ0n) is 45.8. The van der Waals surface area contributed by atoms with Crippen LogP contribution in [0.25, 0.3) is 0 Å². The number of hydrogen-bond acceptors (Lipinski definition) is 23. The molecule has 77 heavy (non-hydrogen) atoms. The Hall–Kier alpha value is -1.18. The van der Waals surface area contributed by atoms with Gasteiger partial charge in [-0.3, -0.25) is 0 Å². The Bertz CT molecular complexity index is 1990. The number of ether oxygens (including phenoxy) is 8. The molecular formula is C54H92O23. The molecule has 0 aromatic carbocycles. The topological polar surface area (TPSA) is 377 Å². The van der Waals surface area contributed by atoms with Gasteiger partial charge in [-0.2, -0.15) is 0 Å². The van der Waals surface area contributed by atoms with Crippen LogP contribution in [0.1, 0.15) is 113 Å². The summed E-state index contributed by atoms with van der Waals surface area (Å²) in [5.41, 5.74) is -1.77. The molecule has 23 heteroatoms. The zero-order valence-corrected chi connectivity index (χ0v) is 45.8. The van der Waals surface area contributed by atoms with Crippen molar-refractivity contribution in [2.45, 2.75) is 254 Å². The van der Waals surface area contributed by atoms with Crippen molar-refractivity contribution in [3.8, 4) is 0 Å². The maximum atomic E-state index is 12.7. The van der Waals surface area contributed by atoms with E-state index >= 15 is 0 Å². The normalized spacial score (nSPS) is 51.0. The van der Waals surface area contributed by atoms with Crippen molar-refractivity contribution in [2.24, 2.45) is 45.3 Å². The molecule has 0 aromatic heterocycles. The molecule has 0 bridgehead atoms. The molecule has 4 aliphatic heterocycles. The van der Waals surface area contributed by atoms with Crippen LogP contribution >= 0.6 is 0 Å². The van der Waals surface area contributed by atoms with E-state index in [4.69, 9.17) is 37.9 Å². The first kappa shape index (κ1) is 61.9. The SMILES string of the molecule is C[C@H](CC[C@@H](O[C@@H]1O[C@H](CO)[C@@H](O)[C@H](O)[C@H]1O[C@@H]1O[C@H](CO)[C@@H](O)[C@H](O)[C@H]1O)C(C)(C)O)[C@H]1CC[C@@]2(C)[C@H]3CC=C4[C@@H](CC[C@H](O[C@H]5C[C@@H](O)[C@H](O)[C@@H](CO[C@@H]6O[C@H](CO)[C@@H](O)[C@H](O)[C@H]6O)O5)C4(C)C)[C@]3(C)[C@H](O)C[C@]12C. The largest absolute Gasteiger partial charge is 0.394 e. The van der Waals surface area contributed by atoms with E-state index in [-0.39, 0.29) is 53.6 Å². The fraction of sp³-hybridized carbons (Fsp3) is 0.963. The molecule has 15 N–H and O–H groups in total. The molecular weight excluding hydrogens is 1020 g/mol. The Kier molecular flexibility index (Phi) is 18.9. The molecule has 8 rings (SSSR count). The van der Waals surface area contributed by atoms with Crippen molar-refractivity contribution >= 4 is 0 Å². The van der Waals surface area contributed by atoms with Crippen molar-refractivity contribution in [3.05, 3.63) is 11.6 Å². The first-order valence-electron chi connectivity index (χ1n) is 27.9. The quantitative estimate of drug-likeness (QED) is 0.0687. The number of hydrogen-bond donors (Lipinski definition) is 15. The molecule has 0 aromatic rings. The highest BCUT2D eigenvalue weighted by Gasteiger charge is 2.70. The van der Waals surface area contributed by atoms with E-state index in [0.29, 0.717) is 25.7 Å². The van der Waals surface area contributed by atoms with Gasteiger partial charge in [-0.1, -0.05) is 53.2 Å². The van der Waals surface area contributed by atoms with Gasteiger partial charge in [0.15, 0.2) is 25.2 Å². The molecule has 7 fully saturated rings. The van der Waals surface area contributed by atoms with Crippen LogP contribution in [0.4, 0.5) is 0 Å². The summed E-state index contributed by atoms with van der Waals surface area (Å²) in [5, 5.41) is 160. The van der Waals surface area contributed by atoms with E-state index in [2.05, 4.69) is 47.6 Å². The lowest BCUT2D eigenvalue weighted by Gasteiger charge is -2.67. The predicted molar refractivity (Wildman–Crippen MR) is 266 cm³/mol. The van der Waals surface area contributed by atoms with Gasteiger partial charge in [0.05, 0.1) is 56.4 Å². The first-order valence-corrected chi connectivity index (χ1v) is 27.9. The molecule has 3 saturated carbocycles. The summed E-state index contributed by atoms with van der Waals surface area (Å²) >= 11 is 0. The second-order valence-corrected chi connectivity index (χ2v) is 25.8. The average Bonchev–Trinajstić information content (AvgIpc) is 3.92. The van der Waals surface area contributed by atoms with E-state index in [9.17, 15) is 76.6 Å². The fourth-order valence-electron chi connectivity index (χ4n) is 15.6. The fourth-order valence-corrected chi connectivity index (χ4v) is 15.6. The van der Waals surface area contributed by atoms with Crippen LogP contribution in [0.5, 0.6) is 0 Å². The van der Waals surface area contributed by atoms with Crippen molar-refractivity contribution in [3.63, 3.8) is 0 Å². The second-order valence-electron chi connectivity index (χ2n) is 25.8. The summed E-state index contributed by atoms with van der Waals surface area (Å²) in [5.74, 6) is 0.400. The van der Waals surface area contributed by atoms with Crippen LogP contribution in [0.3, 0.4) is 0 Å². The van der Waals surface area contributed by atoms with E-state index in [1.807, 2.05) is 0 Å². The van der Waals surface area contributed by atoms with Gasteiger partial charge in [-0.15, -0.1) is 0 Å². The molecule has 4 heterocycles. The highest BCUT2D eigenvalue weighted by atomic mass is 16.8. The maximum Gasteiger partial charge on any atom is 0.187 e. The minimum Gasteiger partial charge on any atom is -0.394 e. The molecule has 0 unspecified atom stereocenters. The summed E-state index contributed by atoms with van der Waals surface area (Å²) in [6, 6.07) is 0. The van der Waals surface area contributed by atoms with Crippen LogP contribution in [0, 0.1) is 45.3 Å². The minimum atomic E-state index is -1.85. The van der Waals surface area contributed by atoms with E-state index < -0.39 is 165 Å². The van der Waals surface area contributed by atoms with Crippen LogP contribution in [0.15, 0.2) is 11.6 Å². The molecule has 0 radical (unpaired) electrons. The lowest BCUT2D eigenvalue weighted by molar-refractivity contribution is -0.375. The number of rotatable bonds is 17. The van der Waals surface area contributed by atoms with Crippen LogP contribution in [0.2, 0.25) is 0 Å². The molecule has 0 amide bonds. The van der Waals surface area contributed by atoms with Gasteiger partial charge in [0.2, 0.25) is 0 Å². The zero-order chi connectivity index (χ0) is 56.6. The van der Waals surface area contributed by atoms with Crippen LogP contribution in [-0.2, 0) is 37.9 Å². The van der Waals surface area contributed by atoms with Gasteiger partial charge in [0, 0.05) is 17.3 Å². The van der Waals surface area contributed by atoms with Crippen molar-refractivity contribution in [2.75, 3.05) is 26.4 Å². The van der Waals surface area contributed by atoms with E-state index in [1.165, 1.54) is 5.57 Å². The summed E-state index contributed by atoms with van der Waals surface area (Å²) in [6.45, 7) is 14.1. The Morgan fingerprint density at radius 1 is 0.636 bits per heavy atom. The summed E-state index contributed by atoms with van der Waals surface area (Å²) in [6.07, 6.45) is -22.8. The summed E-state index contributed by atoms with van der Waals surface area (Å²) in [7, 11) is 0. The first-order chi connectivity index (χ1) is 36.0.